The van der Waals surface area contributed by atoms with E-state index < -0.39 is 165 Å². The quantitative estimate of drug-likeness (QED) is 0.0649. The minimum absolute atomic E-state index is 0.000185. The number of hydrogen-bond donors (Lipinski definition) is 13. The monoisotopic (exact) mass is 1090 g/mol. The molecule has 9 aliphatic rings. The van der Waals surface area contributed by atoms with Gasteiger partial charge in [-0.1, -0.05) is 60.1 Å². The lowest BCUT2D eigenvalue weighted by atomic mass is 9.33. The molecule has 0 spiro atoms. The Bertz CT molecular complexity index is 2140. The minimum atomic E-state index is -2.09. The summed E-state index contributed by atoms with van der Waals surface area (Å²) in [5.41, 5.74) is -1.45. The highest BCUT2D eigenvalue weighted by Crippen LogP contribution is 2.76. The van der Waals surface area contributed by atoms with E-state index in [0.29, 0.717) is 44.9 Å². The predicted octanol–water partition coefficient (Wildman–Crippen LogP) is -1.30. The number of aliphatic carboxylic acids is 1. The molecule has 4 heterocycles. The molecule has 0 aromatic carbocycles. The number of carbonyl (C=O) groups excluding carboxylic acids is 1. The fourth-order valence-electron chi connectivity index (χ4n) is 16.2. The van der Waals surface area contributed by atoms with Gasteiger partial charge in [-0.05, 0) is 109 Å². The van der Waals surface area contributed by atoms with Gasteiger partial charge in [0.05, 0.1) is 31.3 Å². The van der Waals surface area contributed by atoms with Crippen LogP contribution in [0.2, 0.25) is 0 Å². The van der Waals surface area contributed by atoms with Crippen molar-refractivity contribution in [3.63, 3.8) is 0 Å². The number of carbonyl (C=O) groups is 2. The van der Waals surface area contributed by atoms with Crippen molar-refractivity contribution in [3.05, 3.63) is 11.6 Å². The molecule has 4 aliphatic heterocycles. The Morgan fingerprint density at radius 1 is 0.605 bits per heavy atom. The van der Waals surface area contributed by atoms with Crippen molar-refractivity contribution in [2.45, 2.75) is 235 Å². The van der Waals surface area contributed by atoms with Gasteiger partial charge in [-0.25, -0.2) is 4.79 Å². The fraction of sp³-hybridized carbons (Fsp3) is 0.925. The molecule has 0 bridgehead atoms. The maximum atomic E-state index is 14.8. The van der Waals surface area contributed by atoms with Crippen molar-refractivity contribution in [1.29, 1.82) is 0 Å². The van der Waals surface area contributed by atoms with Crippen LogP contribution in [-0.4, -0.2) is 221 Å². The first kappa shape index (κ1) is 58.6. The zero-order valence-corrected chi connectivity index (χ0v) is 44.4. The van der Waals surface area contributed by atoms with Crippen LogP contribution in [0.3, 0.4) is 0 Å². The molecular weight excluding hydrogens is 1000 g/mol. The van der Waals surface area contributed by atoms with Gasteiger partial charge < -0.3 is 104 Å². The summed E-state index contributed by atoms with van der Waals surface area (Å²) in [4.78, 5) is 27.6. The molecule has 0 amide bonds. The minimum Gasteiger partial charge on any atom is -0.479 e. The number of hydrogen-bond acceptors (Lipinski definition) is 22. The van der Waals surface area contributed by atoms with Gasteiger partial charge in [0.25, 0.3) is 0 Å². The van der Waals surface area contributed by atoms with E-state index in [-0.39, 0.29) is 39.4 Å². The van der Waals surface area contributed by atoms with E-state index in [0.717, 1.165) is 19.3 Å². The molecule has 9 rings (SSSR count). The van der Waals surface area contributed by atoms with Crippen molar-refractivity contribution in [1.82, 2.24) is 0 Å². The van der Waals surface area contributed by atoms with Gasteiger partial charge in [0.1, 0.15) is 85.5 Å². The van der Waals surface area contributed by atoms with Gasteiger partial charge in [-0.2, -0.15) is 0 Å². The van der Waals surface area contributed by atoms with E-state index in [1.165, 1.54) is 5.57 Å². The van der Waals surface area contributed by atoms with Gasteiger partial charge in [-0.15, -0.1) is 0 Å². The Kier molecular flexibility index (Phi) is 16.2. The first-order valence-corrected chi connectivity index (χ1v) is 27.2. The Balaban J connectivity index is 0.999. The smallest absolute Gasteiger partial charge is 0.335 e. The number of aliphatic hydroxyl groups is 12. The van der Waals surface area contributed by atoms with Crippen molar-refractivity contribution in [2.24, 2.45) is 50.2 Å². The van der Waals surface area contributed by atoms with Gasteiger partial charge in [0.2, 0.25) is 6.29 Å². The molecule has 5 aliphatic carbocycles. The third kappa shape index (κ3) is 9.42. The molecule has 27 atom stereocenters. The van der Waals surface area contributed by atoms with Crippen LogP contribution >= 0.6 is 0 Å². The van der Waals surface area contributed by atoms with E-state index in [9.17, 15) is 76.0 Å². The van der Waals surface area contributed by atoms with Gasteiger partial charge >= 0.3 is 11.9 Å². The molecule has 0 aromatic rings. The summed E-state index contributed by atoms with van der Waals surface area (Å²) >= 11 is 0. The van der Waals surface area contributed by atoms with Crippen molar-refractivity contribution >= 4 is 11.9 Å². The molecule has 4 saturated heterocycles. The molecule has 8 fully saturated rings. The third-order valence-corrected chi connectivity index (χ3v) is 21.0. The van der Waals surface area contributed by atoms with Crippen LogP contribution in [0.15, 0.2) is 11.6 Å². The van der Waals surface area contributed by atoms with Gasteiger partial charge in [0.15, 0.2) is 25.0 Å². The van der Waals surface area contributed by atoms with Crippen LogP contribution in [-0.2, 0) is 47.5 Å². The van der Waals surface area contributed by atoms with E-state index >= 15 is 0 Å². The van der Waals surface area contributed by atoms with Gasteiger partial charge in [-0.3, -0.25) is 4.79 Å². The Morgan fingerprint density at radius 3 is 1.83 bits per heavy atom. The highest BCUT2D eigenvalue weighted by atomic mass is 16.8. The fourth-order valence-corrected chi connectivity index (χ4v) is 16.2. The molecule has 0 radical (unpaired) electrons. The normalized spacial score (nSPS) is 52.9. The molecule has 27 unspecified atom stereocenters. The highest BCUT2D eigenvalue weighted by Gasteiger charge is 2.70. The van der Waals surface area contributed by atoms with Crippen molar-refractivity contribution in [3.8, 4) is 0 Å². The number of rotatable bonds is 11. The number of aliphatic hydroxyl groups excluding tert-OH is 12. The van der Waals surface area contributed by atoms with E-state index in [1.807, 2.05) is 0 Å². The number of allylic oxidation sites excluding steroid dienone is 2. The van der Waals surface area contributed by atoms with Crippen LogP contribution in [0, 0.1) is 50.2 Å². The van der Waals surface area contributed by atoms with E-state index in [4.69, 9.17) is 37.9 Å². The molecule has 23 heteroatoms. The summed E-state index contributed by atoms with van der Waals surface area (Å²) in [6, 6.07) is 0. The molecule has 0 aromatic heterocycles. The lowest BCUT2D eigenvalue weighted by molar-refractivity contribution is -0.392. The van der Waals surface area contributed by atoms with Crippen molar-refractivity contribution in [2.75, 3.05) is 19.8 Å². The van der Waals surface area contributed by atoms with E-state index in [1.54, 1.807) is 0 Å². The second-order valence-corrected chi connectivity index (χ2v) is 25.9. The summed E-state index contributed by atoms with van der Waals surface area (Å²) < 4.78 is 48.1. The zero-order valence-electron chi connectivity index (χ0n) is 44.4. The maximum Gasteiger partial charge on any atom is 0.335 e. The first-order chi connectivity index (χ1) is 35.5. The average Bonchev–Trinajstić information content (AvgIpc) is 3.54. The molecular formula is C53H84O23. The number of carboxylic acids is 1. The summed E-state index contributed by atoms with van der Waals surface area (Å²) in [6.07, 6.45) is -25.0. The first-order valence-electron chi connectivity index (χ1n) is 27.2. The van der Waals surface area contributed by atoms with Crippen molar-refractivity contribution < 1.29 is 114 Å². The van der Waals surface area contributed by atoms with Crippen LogP contribution in [0.5, 0.6) is 0 Å². The van der Waals surface area contributed by atoms with Crippen LogP contribution < -0.4 is 0 Å². The number of fused-ring (bicyclic) bond motifs is 7. The Morgan fingerprint density at radius 2 is 1.20 bits per heavy atom. The SMILES string of the molecule is CC1(C)CCC2(C(=O)OC3OC(CO)C(O)C(O)C3O)CCC3(C)C(=CCC4C5(C)CCC(OC6OC(C(=O)O)C(O)C(OC7OCC(O)C(O)C7O)C6OC6OC(CO)C(O)C(O)C6O)C(C)(C)C5CCC43C)C2C1. The topological polar surface area (TPSA) is 371 Å². The summed E-state index contributed by atoms with van der Waals surface area (Å²) in [5, 5.41) is 138. The largest absolute Gasteiger partial charge is 0.479 e. The number of carboxylic acid groups (broad SMARTS) is 1. The number of ether oxygens (including phenoxy) is 8. The predicted molar refractivity (Wildman–Crippen MR) is 257 cm³/mol. The maximum absolute atomic E-state index is 14.8. The molecule has 4 saturated carbocycles. The number of esters is 1. The Labute approximate surface area is 442 Å². The second kappa shape index (κ2) is 21.0. The van der Waals surface area contributed by atoms with Crippen LogP contribution in [0.4, 0.5) is 0 Å². The summed E-state index contributed by atoms with van der Waals surface area (Å²) in [6.45, 7) is 13.7. The average molecular weight is 1090 g/mol. The van der Waals surface area contributed by atoms with E-state index in [2.05, 4.69) is 54.5 Å². The van der Waals surface area contributed by atoms with Crippen LogP contribution in [0.1, 0.15) is 113 Å². The zero-order chi connectivity index (χ0) is 55.6. The summed E-state index contributed by atoms with van der Waals surface area (Å²) in [7, 11) is 0. The molecule has 23 nitrogen and oxygen atoms in total. The van der Waals surface area contributed by atoms with Gasteiger partial charge in [0, 0.05) is 0 Å². The second-order valence-electron chi connectivity index (χ2n) is 25.9. The lowest BCUT2D eigenvalue weighted by Gasteiger charge is -2.71. The summed E-state index contributed by atoms with van der Waals surface area (Å²) in [5.74, 6) is -2.22. The molecule has 13 N–H and O–H groups in total. The molecule has 434 valence electrons. The lowest BCUT2D eigenvalue weighted by Crippen LogP contribution is -2.68. The standard InChI is InChI=1S/C53H84O23/c1-48(2)14-16-53(47(68)76-45-37(64)34(61)32(59)26(20-55)71-45)17-15-51(6)22(23(53)18-48)8-9-28-50(5)12-11-29(49(3,4)27(50)10-13-52(28,51)7)72-46-41(75-44-36(63)33(60)31(58)25(19-54)70-44)39(38(65)40(74-46)42(66)67)73-43-35(62)30(57)24(56)21-69-43/h8,23-41,43-46,54-65H,9-21H2,1-7H3,(H,66,67). The molecule has 76 heavy (non-hydrogen) atoms. The Hall–Kier alpha value is -2.08. The third-order valence-electron chi connectivity index (χ3n) is 21.0. The highest BCUT2D eigenvalue weighted by molar-refractivity contribution is 5.79. The van der Waals surface area contributed by atoms with Crippen LogP contribution in [0.25, 0.3) is 0 Å².